The minimum atomic E-state index is -4.80. The van der Waals surface area contributed by atoms with Gasteiger partial charge in [0.1, 0.15) is 27.4 Å². The highest BCUT2D eigenvalue weighted by Gasteiger charge is 2.40. The molecule has 4 aromatic carbocycles. The number of carbonyl (C=O) groups is 8. The van der Waals surface area contributed by atoms with Gasteiger partial charge in [0.05, 0.1) is 71.7 Å². The van der Waals surface area contributed by atoms with Gasteiger partial charge in [-0.3, -0.25) is 38.4 Å². The lowest BCUT2D eigenvalue weighted by molar-refractivity contribution is -0.142. The first-order chi connectivity index (χ1) is 59.1. The van der Waals surface area contributed by atoms with Crippen LogP contribution in [0.1, 0.15) is 162 Å². The quantitative estimate of drug-likeness (QED) is 0.0370. The Hall–Kier alpha value is -12.8. The fourth-order valence-corrected chi connectivity index (χ4v) is 13.5. The van der Waals surface area contributed by atoms with Crippen LogP contribution in [-0.2, 0) is 18.5 Å². The highest BCUT2D eigenvalue weighted by molar-refractivity contribution is 9.10. The van der Waals surface area contributed by atoms with Gasteiger partial charge in [-0.25, -0.2) is 38.7 Å². The summed E-state index contributed by atoms with van der Waals surface area (Å²) in [5.41, 5.74) is -2.03. The number of benzene rings is 4. The van der Waals surface area contributed by atoms with Gasteiger partial charge in [0.25, 0.3) is 47.3 Å². The second kappa shape index (κ2) is 40.9. The van der Waals surface area contributed by atoms with Crippen LogP contribution in [0.15, 0.2) is 151 Å². The summed E-state index contributed by atoms with van der Waals surface area (Å²) in [5.74, 6) is -4.94. The van der Waals surface area contributed by atoms with E-state index in [1.807, 2.05) is 32.9 Å². The van der Waals surface area contributed by atoms with Gasteiger partial charge in [0.2, 0.25) is 0 Å². The molecule has 45 heteroatoms. The maximum Gasteiger partial charge on any atom is 0.435 e. The fraction of sp³-hybridized carbons (Fsp3) is 0.198. The molecular weight excluding hydrogens is 1860 g/mol. The normalized spacial score (nSPS) is 11.2. The maximum atomic E-state index is 13.4. The van der Waals surface area contributed by atoms with E-state index >= 15 is 0 Å². The topological polar surface area (TPSA) is 379 Å². The molecule has 0 spiro atoms. The molecule has 126 heavy (non-hydrogen) atoms. The predicted octanol–water partition coefficient (Wildman–Crippen LogP) is 18.2. The van der Waals surface area contributed by atoms with Crippen molar-refractivity contribution in [2.45, 2.75) is 92.9 Å². The first-order valence-electron chi connectivity index (χ1n) is 36.4. The second-order valence-corrected chi connectivity index (χ2v) is 30.6. The maximum absolute atomic E-state index is 13.4. The molecule has 0 aliphatic heterocycles. The zero-order valence-electron chi connectivity index (χ0n) is 67.1. The molecule has 0 bridgehead atoms. The second-order valence-electron chi connectivity index (χ2n) is 27.3. The lowest BCUT2D eigenvalue weighted by Crippen LogP contribution is -2.31. The third kappa shape index (κ3) is 23.6. The summed E-state index contributed by atoms with van der Waals surface area (Å²) in [4.78, 5) is 118. The molecule has 8 N–H and O–H groups in total. The van der Waals surface area contributed by atoms with E-state index in [2.05, 4.69) is 98.8 Å². The van der Waals surface area contributed by atoms with Crippen LogP contribution < -0.4 is 42.5 Å². The summed E-state index contributed by atoms with van der Waals surface area (Å²) in [6.45, 7) is 15.4. The van der Waals surface area contributed by atoms with Crippen LogP contribution in [0, 0.1) is 45.9 Å². The van der Waals surface area contributed by atoms with Crippen molar-refractivity contribution in [3.05, 3.63) is 276 Å². The summed E-state index contributed by atoms with van der Waals surface area (Å²) in [5, 5.41) is 44.9. The minimum absolute atomic E-state index is 0.00599. The molecule has 8 heterocycles. The summed E-state index contributed by atoms with van der Waals surface area (Å²) in [6.07, 6.45) is -8.68. The molecule has 0 aliphatic rings. The lowest BCUT2D eigenvalue weighted by Gasteiger charge is -2.15. The summed E-state index contributed by atoms with van der Waals surface area (Å²) < 4.78 is 124. The number of hydrogen-bond acceptors (Lipinski definition) is 17. The smallest absolute Gasteiger partial charge is 0.355 e. The zero-order chi connectivity index (χ0) is 93.0. The van der Waals surface area contributed by atoms with Gasteiger partial charge in [-0.15, -0.1) is 0 Å². The number of nitrogens with zero attached hydrogens (tertiary/aromatic N) is 13. The van der Waals surface area contributed by atoms with E-state index in [4.69, 9.17) is 74.9 Å². The zero-order valence-corrected chi connectivity index (χ0v) is 73.3. The fourth-order valence-electron chi connectivity index (χ4n) is 11.5. The van der Waals surface area contributed by atoms with Gasteiger partial charge in [-0.05, 0) is 179 Å². The first-order valence-corrected chi connectivity index (χ1v) is 39.5. The van der Waals surface area contributed by atoms with E-state index in [1.54, 1.807) is 96.3 Å². The minimum Gasteiger partial charge on any atom is -0.355 e. The Morgan fingerprint density at radius 2 is 0.643 bits per heavy atom. The molecule has 0 atom stereocenters. The van der Waals surface area contributed by atoms with E-state index in [-0.39, 0.29) is 116 Å². The van der Waals surface area contributed by atoms with Gasteiger partial charge >= 0.3 is 18.5 Å². The highest BCUT2D eigenvalue weighted by Crippen LogP contribution is 2.39. The van der Waals surface area contributed by atoms with E-state index in [0.717, 1.165) is 19.6 Å². The highest BCUT2D eigenvalue weighted by atomic mass is 79.9. The first kappa shape index (κ1) is 97.0. The van der Waals surface area contributed by atoms with Crippen molar-refractivity contribution in [1.82, 2.24) is 80.3 Å². The van der Waals surface area contributed by atoms with Crippen LogP contribution in [0.25, 0.3) is 23.3 Å². The standard InChI is InChI=1S/C21H18Cl2F3N5O2.C21H17F3N6O2.C20H18BrCl2N5O2.C19H14Cl2F3N5O2/c1-10(2)28-19(32)13-7-12(22)8-14(23)17(13)29-20(33)15-9-16(21(24,25)26)30-31(15)18-11(3)5-4-6-27-18;1-11-5-4-6-27-18(11)30-15(9-16(29-30)21(22,23)24)20(32)28-17-12(2)7-13(10-25)8-14(17)19(31)26-3;1-10(2)25-19(29)13-7-12(22)8-14(23)17(13)26-20(30)15-9-16(21)27-28(15)18-11(3)5-4-6-24-18;1-9-4-3-5-26-16(9)29-13(8-14(28-29)19(22,23)24)18(31)27-15-11(17(30)25-2)6-10(20)7-12(15)21/h4-10H,1-3H3,(H,28,32)(H,29,33);4-9H,1-3H3,(H,26,31)(H,28,32);4-10H,1-3H3,(H,25,29)(H,26,30);3-8H,1-2H3,(H,25,30)(H,27,31). The number of nitriles is 1. The largest absolute Gasteiger partial charge is 0.435 e. The molecule has 656 valence electrons. The van der Waals surface area contributed by atoms with Gasteiger partial charge < -0.3 is 42.5 Å². The Morgan fingerprint density at radius 3 is 0.913 bits per heavy atom. The predicted molar refractivity (Wildman–Crippen MR) is 456 cm³/mol. The number of hydrogen-bond donors (Lipinski definition) is 8. The number of alkyl halides is 9. The Labute approximate surface area is 748 Å². The number of nitrogens with one attached hydrogen (secondary N) is 8. The summed E-state index contributed by atoms with van der Waals surface area (Å²) in [7, 11) is 2.73. The Morgan fingerprint density at radius 1 is 0.373 bits per heavy atom. The molecule has 0 aliphatic carbocycles. The Bertz CT molecular complexity index is 6290. The van der Waals surface area contributed by atoms with Crippen LogP contribution in [0.2, 0.25) is 30.1 Å². The van der Waals surface area contributed by atoms with Crippen molar-refractivity contribution < 1.29 is 77.9 Å². The molecule has 0 unspecified atom stereocenters. The van der Waals surface area contributed by atoms with E-state index in [1.165, 1.54) is 85.9 Å². The van der Waals surface area contributed by atoms with Gasteiger partial charge in [-0.2, -0.15) is 65.2 Å². The molecule has 29 nitrogen and oxygen atoms in total. The number of amides is 8. The number of halogens is 16. The van der Waals surface area contributed by atoms with E-state index in [9.17, 15) is 77.9 Å². The van der Waals surface area contributed by atoms with Crippen LogP contribution in [-0.4, -0.2) is 132 Å². The molecule has 12 rings (SSSR count). The van der Waals surface area contributed by atoms with Gasteiger partial charge in [0.15, 0.2) is 40.4 Å². The average Bonchev–Trinajstić information content (AvgIpc) is 1.64. The van der Waals surface area contributed by atoms with Crippen LogP contribution in [0.5, 0.6) is 0 Å². The molecule has 0 saturated carbocycles. The number of rotatable bonds is 18. The van der Waals surface area contributed by atoms with Gasteiger partial charge in [-0.1, -0.05) is 93.9 Å². The molecule has 8 aromatic heterocycles. The number of anilines is 4. The summed E-state index contributed by atoms with van der Waals surface area (Å²) >= 11 is 40.0. The molecule has 0 radical (unpaired) electrons. The Kier molecular flexibility index (Phi) is 31.5. The van der Waals surface area contributed by atoms with Crippen molar-refractivity contribution in [1.29, 1.82) is 5.26 Å². The number of pyridine rings is 4. The van der Waals surface area contributed by atoms with E-state index < -0.39 is 99.9 Å². The average molecular weight is 1930 g/mol. The molecular formula is C81H67BrCl6F9N21O8. The van der Waals surface area contributed by atoms with Crippen molar-refractivity contribution in [2.75, 3.05) is 35.4 Å². The molecule has 12 aromatic rings. The van der Waals surface area contributed by atoms with Crippen molar-refractivity contribution in [3.8, 4) is 29.3 Å². The number of carbonyl (C=O) groups excluding carboxylic acids is 8. The number of aromatic nitrogens is 12. The van der Waals surface area contributed by atoms with Crippen LogP contribution >= 0.6 is 85.5 Å². The van der Waals surface area contributed by atoms with Crippen LogP contribution in [0.4, 0.5) is 62.3 Å². The van der Waals surface area contributed by atoms with Crippen LogP contribution in [0.3, 0.4) is 0 Å². The Balaban J connectivity index is 0.000000190. The van der Waals surface area contributed by atoms with Crippen molar-refractivity contribution >= 4 is 156 Å². The molecule has 8 amide bonds. The monoisotopic (exact) mass is 1920 g/mol. The number of aryl methyl sites for hydroxylation is 5. The van der Waals surface area contributed by atoms with E-state index in [0.29, 0.717) is 50.9 Å². The SMILES string of the molecule is CNC(=O)c1cc(C#N)cc(C)c1NC(=O)c1cc(C(F)(F)F)nn1-c1ncccc1C.CNC(=O)c1cc(Cl)cc(Cl)c1NC(=O)c1cc(C(F)(F)F)nn1-c1ncccc1C.Cc1cccnc1-n1nc(Br)cc1C(=O)Nc1c(Cl)cc(Cl)cc1C(=O)NC(C)C.Cc1cccnc1-n1nc(C(F)(F)F)cc1C(=O)Nc1c(Cl)cc(Cl)cc1C(=O)NC(C)C. The lowest BCUT2D eigenvalue weighted by atomic mass is 10.0. The van der Waals surface area contributed by atoms with Gasteiger partial charge in [0, 0.05) is 90.3 Å². The molecule has 0 saturated heterocycles. The third-order valence-corrected chi connectivity index (χ3v) is 19.1. The van der Waals surface area contributed by atoms with Crippen molar-refractivity contribution in [2.24, 2.45) is 0 Å². The third-order valence-electron chi connectivity index (χ3n) is 17.2. The van der Waals surface area contributed by atoms with Crippen molar-refractivity contribution in [3.63, 3.8) is 0 Å². The summed E-state index contributed by atoms with van der Waals surface area (Å²) in [6, 6.07) is 29.0. The molecule has 0 fully saturated rings.